The number of piperidine rings is 1. The number of aliphatic hydroxyl groups is 1. The van der Waals surface area contributed by atoms with Crippen molar-refractivity contribution in [2.45, 2.75) is 38.8 Å². The van der Waals surface area contributed by atoms with E-state index in [9.17, 15) is 14.7 Å². The third-order valence-electron chi connectivity index (χ3n) is 3.00. The number of carboxylic acids is 1. The van der Waals surface area contributed by atoms with Crippen LogP contribution in [0.5, 0.6) is 0 Å². The third kappa shape index (κ3) is 4.22. The largest absolute Gasteiger partial charge is 0.481 e. The van der Waals surface area contributed by atoms with Gasteiger partial charge < -0.3 is 20.4 Å². The van der Waals surface area contributed by atoms with Gasteiger partial charge in [-0.2, -0.15) is 0 Å². The Kier molecular flexibility index (Phi) is 4.74. The average molecular weight is 244 g/mol. The molecule has 1 heterocycles. The number of likely N-dealkylation sites (tertiary alicyclic amines) is 1. The third-order valence-corrected chi connectivity index (χ3v) is 3.00. The molecule has 1 aliphatic heterocycles. The molecule has 0 radical (unpaired) electrons. The van der Waals surface area contributed by atoms with Crippen LogP contribution in [0.4, 0.5) is 4.79 Å². The first-order chi connectivity index (χ1) is 7.90. The van der Waals surface area contributed by atoms with Crippen LogP contribution in [-0.4, -0.2) is 52.3 Å². The van der Waals surface area contributed by atoms with Gasteiger partial charge in [0.2, 0.25) is 0 Å². The summed E-state index contributed by atoms with van der Waals surface area (Å²) < 4.78 is 0. The van der Waals surface area contributed by atoms with E-state index in [0.717, 1.165) is 0 Å². The minimum Gasteiger partial charge on any atom is -0.481 e. The lowest BCUT2D eigenvalue weighted by Gasteiger charge is -2.34. The average Bonchev–Trinajstić information content (AvgIpc) is 2.20. The summed E-state index contributed by atoms with van der Waals surface area (Å²) in [5.41, 5.74) is 0. The van der Waals surface area contributed by atoms with Crippen molar-refractivity contribution in [3.63, 3.8) is 0 Å². The SMILES string of the molecule is CC(CC(=O)O)NC(=O)N1CCC(O)C(C)C1. The summed E-state index contributed by atoms with van der Waals surface area (Å²) in [5.74, 6) is -0.871. The molecule has 3 N–H and O–H groups in total. The summed E-state index contributed by atoms with van der Waals surface area (Å²) >= 11 is 0. The second-order valence-corrected chi connectivity index (χ2v) is 4.73. The fraction of sp³-hybridized carbons (Fsp3) is 0.818. The van der Waals surface area contributed by atoms with Gasteiger partial charge in [-0.25, -0.2) is 4.79 Å². The first-order valence-corrected chi connectivity index (χ1v) is 5.85. The summed E-state index contributed by atoms with van der Waals surface area (Å²) in [6.07, 6.45) is 0.134. The van der Waals surface area contributed by atoms with Gasteiger partial charge in [0.1, 0.15) is 0 Å². The first-order valence-electron chi connectivity index (χ1n) is 5.85. The van der Waals surface area contributed by atoms with Crippen LogP contribution in [0.15, 0.2) is 0 Å². The van der Waals surface area contributed by atoms with Crippen molar-refractivity contribution >= 4 is 12.0 Å². The standard InChI is InChI=1S/C11H20N2O4/c1-7-6-13(4-3-9(7)14)11(17)12-8(2)5-10(15)16/h7-9,14H,3-6H2,1-2H3,(H,12,17)(H,15,16). The van der Waals surface area contributed by atoms with Gasteiger partial charge in [-0.1, -0.05) is 6.92 Å². The van der Waals surface area contributed by atoms with Crippen molar-refractivity contribution in [2.24, 2.45) is 5.92 Å². The van der Waals surface area contributed by atoms with E-state index in [2.05, 4.69) is 5.32 Å². The van der Waals surface area contributed by atoms with Crippen LogP contribution in [-0.2, 0) is 4.79 Å². The highest BCUT2D eigenvalue weighted by Gasteiger charge is 2.27. The number of carbonyl (C=O) groups is 2. The van der Waals surface area contributed by atoms with Crippen LogP contribution in [0.3, 0.4) is 0 Å². The molecule has 0 saturated carbocycles. The number of carboxylic acid groups (broad SMARTS) is 1. The molecule has 2 amide bonds. The van der Waals surface area contributed by atoms with Gasteiger partial charge in [-0.3, -0.25) is 4.79 Å². The number of urea groups is 1. The summed E-state index contributed by atoms with van der Waals surface area (Å²) in [7, 11) is 0. The van der Waals surface area contributed by atoms with Crippen molar-refractivity contribution in [3.05, 3.63) is 0 Å². The lowest BCUT2D eigenvalue weighted by Crippen LogP contribution is -2.51. The van der Waals surface area contributed by atoms with Gasteiger partial charge in [0.05, 0.1) is 12.5 Å². The van der Waals surface area contributed by atoms with Crippen molar-refractivity contribution in [2.75, 3.05) is 13.1 Å². The minimum atomic E-state index is -0.930. The van der Waals surface area contributed by atoms with E-state index in [4.69, 9.17) is 5.11 Å². The van der Waals surface area contributed by atoms with Crippen molar-refractivity contribution in [1.82, 2.24) is 10.2 Å². The summed E-state index contributed by atoms with van der Waals surface area (Å²) in [6, 6.07) is -0.639. The summed E-state index contributed by atoms with van der Waals surface area (Å²) in [4.78, 5) is 23.9. The van der Waals surface area contributed by atoms with Crippen LogP contribution in [0, 0.1) is 5.92 Å². The number of hydrogen-bond acceptors (Lipinski definition) is 3. The Morgan fingerprint density at radius 3 is 2.71 bits per heavy atom. The molecule has 0 aromatic rings. The monoisotopic (exact) mass is 244 g/mol. The Balaban J connectivity index is 2.40. The maximum absolute atomic E-state index is 11.8. The van der Waals surface area contributed by atoms with Gasteiger partial charge in [0, 0.05) is 19.1 Å². The van der Waals surface area contributed by atoms with Gasteiger partial charge >= 0.3 is 12.0 Å². The van der Waals surface area contributed by atoms with E-state index < -0.39 is 5.97 Å². The second kappa shape index (κ2) is 5.86. The molecule has 6 heteroatoms. The van der Waals surface area contributed by atoms with Gasteiger partial charge in [0.15, 0.2) is 0 Å². The van der Waals surface area contributed by atoms with Crippen molar-refractivity contribution in [3.8, 4) is 0 Å². The molecule has 0 aliphatic carbocycles. The van der Waals surface area contributed by atoms with E-state index in [-0.39, 0.29) is 30.5 Å². The zero-order chi connectivity index (χ0) is 13.0. The van der Waals surface area contributed by atoms with Gasteiger partial charge in [-0.15, -0.1) is 0 Å². The topological polar surface area (TPSA) is 89.9 Å². The lowest BCUT2D eigenvalue weighted by molar-refractivity contribution is -0.137. The molecular weight excluding hydrogens is 224 g/mol. The van der Waals surface area contributed by atoms with Crippen LogP contribution in [0.2, 0.25) is 0 Å². The Labute approximate surface area is 101 Å². The maximum Gasteiger partial charge on any atom is 0.317 e. The molecule has 1 saturated heterocycles. The van der Waals surface area contributed by atoms with Crippen molar-refractivity contribution in [1.29, 1.82) is 0 Å². The fourth-order valence-electron chi connectivity index (χ4n) is 1.93. The predicted molar refractivity (Wildman–Crippen MR) is 61.6 cm³/mol. The number of hydrogen-bond donors (Lipinski definition) is 3. The molecule has 0 aromatic carbocycles. The molecule has 1 aliphatic rings. The number of nitrogens with one attached hydrogen (secondary N) is 1. The summed E-state index contributed by atoms with van der Waals surface area (Å²) in [6.45, 7) is 4.57. The quantitative estimate of drug-likeness (QED) is 0.664. The molecule has 3 unspecified atom stereocenters. The smallest absolute Gasteiger partial charge is 0.317 e. The Hall–Kier alpha value is -1.30. The Morgan fingerprint density at radius 2 is 2.18 bits per heavy atom. The van der Waals surface area contributed by atoms with E-state index in [1.165, 1.54) is 0 Å². The van der Waals surface area contributed by atoms with E-state index in [0.29, 0.717) is 19.5 Å². The van der Waals surface area contributed by atoms with E-state index >= 15 is 0 Å². The normalized spacial score (nSPS) is 26.4. The summed E-state index contributed by atoms with van der Waals surface area (Å²) in [5, 5.41) is 20.8. The van der Waals surface area contributed by atoms with E-state index in [1.54, 1.807) is 11.8 Å². The number of aliphatic carboxylic acids is 1. The zero-order valence-electron chi connectivity index (χ0n) is 10.2. The highest BCUT2D eigenvalue weighted by molar-refractivity contribution is 5.76. The second-order valence-electron chi connectivity index (χ2n) is 4.73. The van der Waals surface area contributed by atoms with Gasteiger partial charge in [-0.05, 0) is 19.3 Å². The molecule has 3 atom stereocenters. The van der Waals surface area contributed by atoms with Crippen LogP contribution < -0.4 is 5.32 Å². The van der Waals surface area contributed by atoms with Crippen LogP contribution in [0.1, 0.15) is 26.7 Å². The highest BCUT2D eigenvalue weighted by atomic mass is 16.4. The number of rotatable bonds is 3. The fourth-order valence-corrected chi connectivity index (χ4v) is 1.93. The number of aliphatic hydroxyl groups excluding tert-OH is 1. The molecule has 0 aromatic heterocycles. The number of nitrogens with zero attached hydrogens (tertiary/aromatic N) is 1. The molecule has 0 bridgehead atoms. The Bertz CT molecular complexity index is 295. The van der Waals surface area contributed by atoms with Crippen LogP contribution in [0.25, 0.3) is 0 Å². The zero-order valence-corrected chi connectivity index (χ0v) is 10.2. The number of carbonyl (C=O) groups excluding carboxylic acids is 1. The molecule has 98 valence electrons. The molecule has 6 nitrogen and oxygen atoms in total. The maximum atomic E-state index is 11.8. The Morgan fingerprint density at radius 1 is 1.53 bits per heavy atom. The molecule has 17 heavy (non-hydrogen) atoms. The molecular formula is C11H20N2O4. The highest BCUT2D eigenvalue weighted by Crippen LogP contribution is 2.16. The lowest BCUT2D eigenvalue weighted by atomic mass is 9.97. The van der Waals surface area contributed by atoms with Crippen LogP contribution >= 0.6 is 0 Å². The van der Waals surface area contributed by atoms with Crippen molar-refractivity contribution < 1.29 is 19.8 Å². The van der Waals surface area contributed by atoms with Gasteiger partial charge in [0.25, 0.3) is 0 Å². The number of amides is 2. The first kappa shape index (κ1) is 13.8. The van der Waals surface area contributed by atoms with E-state index in [1.807, 2.05) is 6.92 Å². The molecule has 1 rings (SSSR count). The minimum absolute atomic E-state index is 0.0595. The predicted octanol–water partition coefficient (Wildman–Crippen LogP) is 0.262. The molecule has 1 fully saturated rings. The molecule has 0 spiro atoms.